The first-order valence-electron chi connectivity index (χ1n) is 4.56. The second kappa shape index (κ2) is 5.49. The van der Waals surface area contributed by atoms with Gasteiger partial charge in [0.05, 0.1) is 6.54 Å². The standard InChI is InChI=1S/C11H15NO/c1-2-12(8-9-13)10-11-6-4-3-5-7-11/h3-7,9H,2,8,10H2,1H3. The van der Waals surface area contributed by atoms with Gasteiger partial charge in [-0.3, -0.25) is 4.90 Å². The summed E-state index contributed by atoms with van der Waals surface area (Å²) in [6.45, 7) is 4.35. The van der Waals surface area contributed by atoms with Gasteiger partial charge in [-0.2, -0.15) is 0 Å². The molecule has 0 radical (unpaired) electrons. The van der Waals surface area contributed by atoms with E-state index in [4.69, 9.17) is 0 Å². The summed E-state index contributed by atoms with van der Waals surface area (Å²) in [7, 11) is 0. The highest BCUT2D eigenvalue weighted by molar-refractivity contribution is 5.51. The Hall–Kier alpha value is -1.15. The molecule has 0 atom stereocenters. The molecule has 1 aromatic carbocycles. The molecule has 0 fully saturated rings. The fraction of sp³-hybridized carbons (Fsp3) is 0.364. The number of carbonyl (C=O) groups excluding carboxylic acids is 1. The topological polar surface area (TPSA) is 20.3 Å². The van der Waals surface area contributed by atoms with Crippen LogP contribution in [0.3, 0.4) is 0 Å². The highest BCUT2D eigenvalue weighted by Gasteiger charge is 2.00. The van der Waals surface area contributed by atoms with Crippen LogP contribution in [0, 0.1) is 0 Å². The van der Waals surface area contributed by atoms with Gasteiger partial charge in [-0.05, 0) is 12.1 Å². The van der Waals surface area contributed by atoms with Crippen LogP contribution in [0.25, 0.3) is 0 Å². The molecule has 0 aliphatic rings. The lowest BCUT2D eigenvalue weighted by molar-refractivity contribution is -0.108. The van der Waals surface area contributed by atoms with Crippen LogP contribution in [0.15, 0.2) is 30.3 Å². The first-order valence-corrected chi connectivity index (χ1v) is 4.56. The van der Waals surface area contributed by atoms with Crippen molar-refractivity contribution in [2.75, 3.05) is 13.1 Å². The SMILES string of the molecule is CCN(CC=O)Cc1ccccc1. The summed E-state index contributed by atoms with van der Waals surface area (Å²) < 4.78 is 0. The number of likely N-dealkylation sites (N-methyl/N-ethyl adjacent to an activating group) is 1. The molecule has 0 N–H and O–H groups in total. The maximum Gasteiger partial charge on any atom is 0.133 e. The third kappa shape index (κ3) is 3.38. The Morgan fingerprint density at radius 2 is 2.00 bits per heavy atom. The van der Waals surface area contributed by atoms with Crippen LogP contribution in [0.1, 0.15) is 12.5 Å². The molecule has 0 unspecified atom stereocenters. The molecular formula is C11H15NO. The summed E-state index contributed by atoms with van der Waals surface area (Å²) in [5.41, 5.74) is 1.26. The van der Waals surface area contributed by atoms with Crippen LogP contribution in [-0.2, 0) is 11.3 Å². The van der Waals surface area contributed by atoms with Gasteiger partial charge in [-0.25, -0.2) is 0 Å². The highest BCUT2D eigenvalue weighted by Crippen LogP contribution is 2.02. The van der Waals surface area contributed by atoms with Crippen LogP contribution < -0.4 is 0 Å². The van der Waals surface area contributed by atoms with Gasteiger partial charge in [0.25, 0.3) is 0 Å². The van der Waals surface area contributed by atoms with E-state index in [1.54, 1.807) is 0 Å². The van der Waals surface area contributed by atoms with Gasteiger partial charge in [0.2, 0.25) is 0 Å². The first kappa shape index (κ1) is 9.93. The largest absolute Gasteiger partial charge is 0.302 e. The van der Waals surface area contributed by atoms with Crippen LogP contribution in [0.4, 0.5) is 0 Å². The van der Waals surface area contributed by atoms with E-state index in [9.17, 15) is 4.79 Å². The predicted octanol–water partition coefficient (Wildman–Crippen LogP) is 1.71. The van der Waals surface area contributed by atoms with Crippen molar-refractivity contribution >= 4 is 6.29 Å². The lowest BCUT2D eigenvalue weighted by atomic mass is 10.2. The van der Waals surface area contributed by atoms with Crippen molar-refractivity contribution in [2.24, 2.45) is 0 Å². The molecular weight excluding hydrogens is 162 g/mol. The Labute approximate surface area is 79.2 Å². The molecule has 2 heteroatoms. The normalized spacial score (nSPS) is 10.3. The second-order valence-corrected chi connectivity index (χ2v) is 2.98. The van der Waals surface area contributed by atoms with E-state index >= 15 is 0 Å². The fourth-order valence-corrected chi connectivity index (χ4v) is 1.25. The fourth-order valence-electron chi connectivity index (χ4n) is 1.25. The number of nitrogens with zero attached hydrogens (tertiary/aromatic N) is 1. The van der Waals surface area contributed by atoms with Gasteiger partial charge < -0.3 is 4.79 Å². The molecule has 0 spiro atoms. The van der Waals surface area contributed by atoms with Crippen molar-refractivity contribution in [1.29, 1.82) is 0 Å². The van der Waals surface area contributed by atoms with Crippen molar-refractivity contribution in [2.45, 2.75) is 13.5 Å². The van der Waals surface area contributed by atoms with Gasteiger partial charge >= 0.3 is 0 Å². The van der Waals surface area contributed by atoms with Crippen molar-refractivity contribution in [1.82, 2.24) is 4.90 Å². The third-order valence-electron chi connectivity index (χ3n) is 2.03. The number of hydrogen-bond donors (Lipinski definition) is 0. The molecule has 1 rings (SSSR count). The lowest BCUT2D eigenvalue weighted by Crippen LogP contribution is -2.24. The molecule has 0 saturated carbocycles. The van der Waals surface area contributed by atoms with Crippen LogP contribution in [0.2, 0.25) is 0 Å². The van der Waals surface area contributed by atoms with Crippen molar-refractivity contribution in [3.63, 3.8) is 0 Å². The molecule has 0 aliphatic heterocycles. The summed E-state index contributed by atoms with van der Waals surface area (Å²) in [6, 6.07) is 10.2. The molecule has 1 aromatic rings. The van der Waals surface area contributed by atoms with Crippen LogP contribution in [-0.4, -0.2) is 24.3 Å². The summed E-state index contributed by atoms with van der Waals surface area (Å²) in [5, 5.41) is 0. The average Bonchev–Trinajstić information content (AvgIpc) is 2.19. The summed E-state index contributed by atoms with van der Waals surface area (Å²) >= 11 is 0. The van der Waals surface area contributed by atoms with Gasteiger partial charge in [0, 0.05) is 6.54 Å². The Morgan fingerprint density at radius 1 is 1.31 bits per heavy atom. The van der Waals surface area contributed by atoms with E-state index in [2.05, 4.69) is 24.0 Å². The quantitative estimate of drug-likeness (QED) is 0.638. The smallest absolute Gasteiger partial charge is 0.133 e. The van der Waals surface area contributed by atoms with E-state index in [-0.39, 0.29) is 0 Å². The summed E-state index contributed by atoms with van der Waals surface area (Å²) in [6.07, 6.45) is 0.951. The Bertz CT molecular complexity index is 246. The molecule has 2 nitrogen and oxygen atoms in total. The Morgan fingerprint density at radius 3 is 2.54 bits per heavy atom. The van der Waals surface area contributed by atoms with Gasteiger partial charge in [-0.1, -0.05) is 37.3 Å². The van der Waals surface area contributed by atoms with Crippen molar-refractivity contribution in [3.05, 3.63) is 35.9 Å². The second-order valence-electron chi connectivity index (χ2n) is 2.98. The first-order chi connectivity index (χ1) is 6.36. The zero-order valence-corrected chi connectivity index (χ0v) is 7.94. The van der Waals surface area contributed by atoms with E-state index in [0.29, 0.717) is 6.54 Å². The minimum absolute atomic E-state index is 0.519. The summed E-state index contributed by atoms with van der Waals surface area (Å²) in [4.78, 5) is 12.4. The maximum absolute atomic E-state index is 10.3. The van der Waals surface area contributed by atoms with Gasteiger partial charge in [0.1, 0.15) is 6.29 Å². The van der Waals surface area contributed by atoms with E-state index < -0.39 is 0 Å². The van der Waals surface area contributed by atoms with E-state index in [0.717, 1.165) is 19.4 Å². The number of aldehydes is 1. The molecule has 0 amide bonds. The van der Waals surface area contributed by atoms with Crippen molar-refractivity contribution in [3.8, 4) is 0 Å². The predicted molar refractivity (Wildman–Crippen MR) is 53.5 cm³/mol. The Balaban J connectivity index is 2.51. The lowest BCUT2D eigenvalue weighted by Gasteiger charge is -2.16. The zero-order chi connectivity index (χ0) is 9.52. The zero-order valence-electron chi connectivity index (χ0n) is 7.94. The number of carbonyl (C=O) groups is 1. The third-order valence-corrected chi connectivity index (χ3v) is 2.03. The summed E-state index contributed by atoms with van der Waals surface area (Å²) in [5.74, 6) is 0. The number of rotatable bonds is 5. The molecule has 0 saturated heterocycles. The van der Waals surface area contributed by atoms with Gasteiger partial charge in [0.15, 0.2) is 0 Å². The van der Waals surface area contributed by atoms with Crippen LogP contribution in [0.5, 0.6) is 0 Å². The molecule has 0 aliphatic carbocycles. The molecule has 13 heavy (non-hydrogen) atoms. The highest BCUT2D eigenvalue weighted by atomic mass is 16.1. The minimum atomic E-state index is 0.519. The molecule has 0 heterocycles. The monoisotopic (exact) mass is 177 g/mol. The van der Waals surface area contributed by atoms with Gasteiger partial charge in [-0.15, -0.1) is 0 Å². The number of hydrogen-bond acceptors (Lipinski definition) is 2. The molecule has 0 bridgehead atoms. The van der Waals surface area contributed by atoms with Crippen LogP contribution >= 0.6 is 0 Å². The van der Waals surface area contributed by atoms with E-state index in [1.165, 1.54) is 5.56 Å². The molecule has 70 valence electrons. The Kier molecular flexibility index (Phi) is 4.19. The van der Waals surface area contributed by atoms with Crippen molar-refractivity contribution < 1.29 is 4.79 Å². The average molecular weight is 177 g/mol. The molecule has 0 aromatic heterocycles. The van der Waals surface area contributed by atoms with E-state index in [1.807, 2.05) is 18.2 Å². The maximum atomic E-state index is 10.3. The minimum Gasteiger partial charge on any atom is -0.302 e. The number of benzene rings is 1.